The van der Waals surface area contributed by atoms with Crippen LogP contribution in [-0.4, -0.2) is 42.2 Å². The third-order valence-electron chi connectivity index (χ3n) is 5.05. The Morgan fingerprint density at radius 1 is 1.30 bits per heavy atom. The van der Waals surface area contributed by atoms with Gasteiger partial charge in [0, 0.05) is 25.3 Å². The van der Waals surface area contributed by atoms with Crippen LogP contribution in [0.4, 0.5) is 16.2 Å². The molecule has 2 aromatic rings. The fraction of sp³-hybridized carbons (Fsp3) is 0.421. The maximum Gasteiger partial charge on any atom is 0.322 e. The second-order valence-electron chi connectivity index (χ2n) is 6.92. The molecule has 27 heavy (non-hydrogen) atoms. The number of aryl methyl sites for hydroxylation is 1. The number of likely N-dealkylation sites (N-methyl/N-ethyl adjacent to an activating group) is 1. The van der Waals surface area contributed by atoms with Crippen LogP contribution in [0.3, 0.4) is 0 Å². The highest BCUT2D eigenvalue weighted by molar-refractivity contribution is 5.99. The van der Waals surface area contributed by atoms with Gasteiger partial charge in [0.15, 0.2) is 6.61 Å². The average molecular weight is 370 g/mol. The lowest BCUT2D eigenvalue weighted by Gasteiger charge is -2.34. The van der Waals surface area contributed by atoms with Crippen LogP contribution in [0, 0.1) is 6.92 Å². The minimum Gasteiger partial charge on any atom is -0.482 e. The van der Waals surface area contributed by atoms with Crippen molar-refractivity contribution in [1.82, 2.24) is 10.1 Å². The van der Waals surface area contributed by atoms with E-state index in [-0.39, 0.29) is 24.6 Å². The molecule has 0 spiro atoms. The number of aromatic nitrogens is 1. The van der Waals surface area contributed by atoms with Crippen LogP contribution in [0.1, 0.15) is 36.8 Å². The molecule has 1 fully saturated rings. The van der Waals surface area contributed by atoms with Crippen LogP contribution in [-0.2, 0) is 4.79 Å². The standard InChI is InChI=1S/C19H22N4O4/c1-12-9-14(21-27-12)15-5-3-4-8-23(15)19(25)20-13-6-7-17-16(10-13)22(2)18(24)11-26-17/h6-7,9-10,15H,3-5,8,11H2,1-2H3,(H,20,25)/t15-/m0/s1. The number of piperidine rings is 1. The van der Waals surface area contributed by atoms with Crippen molar-refractivity contribution >= 4 is 23.3 Å². The van der Waals surface area contributed by atoms with Crippen molar-refractivity contribution in [2.24, 2.45) is 0 Å². The molecule has 0 saturated carbocycles. The minimum atomic E-state index is -0.189. The summed E-state index contributed by atoms with van der Waals surface area (Å²) in [6, 6.07) is 6.89. The Bertz CT molecular complexity index is 878. The Balaban J connectivity index is 1.53. The number of nitrogens with one attached hydrogen (secondary N) is 1. The first kappa shape index (κ1) is 17.4. The Hall–Kier alpha value is -3.03. The van der Waals surface area contributed by atoms with E-state index in [1.165, 1.54) is 4.90 Å². The molecular formula is C19H22N4O4. The molecule has 2 aliphatic rings. The molecule has 3 heterocycles. The smallest absolute Gasteiger partial charge is 0.322 e. The van der Waals surface area contributed by atoms with Crippen molar-refractivity contribution in [3.05, 3.63) is 35.7 Å². The molecule has 1 aromatic carbocycles. The van der Waals surface area contributed by atoms with Crippen molar-refractivity contribution in [1.29, 1.82) is 0 Å². The summed E-state index contributed by atoms with van der Waals surface area (Å²) in [6.07, 6.45) is 2.86. The molecule has 8 nitrogen and oxygen atoms in total. The molecule has 8 heteroatoms. The van der Waals surface area contributed by atoms with Crippen LogP contribution < -0.4 is 15.0 Å². The van der Waals surface area contributed by atoms with Crippen LogP contribution >= 0.6 is 0 Å². The van der Waals surface area contributed by atoms with Crippen molar-refractivity contribution in [3.63, 3.8) is 0 Å². The van der Waals surface area contributed by atoms with E-state index >= 15 is 0 Å². The van der Waals surface area contributed by atoms with Crippen molar-refractivity contribution < 1.29 is 18.8 Å². The Morgan fingerprint density at radius 3 is 2.93 bits per heavy atom. The quantitative estimate of drug-likeness (QED) is 0.878. The van der Waals surface area contributed by atoms with Crippen LogP contribution in [0.2, 0.25) is 0 Å². The van der Waals surface area contributed by atoms with Gasteiger partial charge in [-0.15, -0.1) is 0 Å². The summed E-state index contributed by atoms with van der Waals surface area (Å²) in [5.74, 6) is 1.24. The second kappa shape index (κ2) is 6.94. The van der Waals surface area contributed by atoms with E-state index in [0.29, 0.717) is 23.7 Å². The van der Waals surface area contributed by atoms with Crippen LogP contribution in [0.5, 0.6) is 5.75 Å². The fourth-order valence-corrected chi connectivity index (χ4v) is 3.57. The van der Waals surface area contributed by atoms with Gasteiger partial charge in [0.2, 0.25) is 0 Å². The molecule has 1 atom stereocenters. The molecule has 1 saturated heterocycles. The lowest BCUT2D eigenvalue weighted by molar-refractivity contribution is -0.120. The largest absolute Gasteiger partial charge is 0.482 e. The highest BCUT2D eigenvalue weighted by Crippen LogP contribution is 2.35. The number of benzene rings is 1. The van der Waals surface area contributed by atoms with Gasteiger partial charge >= 0.3 is 6.03 Å². The first-order chi connectivity index (χ1) is 13.0. The Kier molecular flexibility index (Phi) is 4.47. The number of carbonyl (C=O) groups excluding carboxylic acids is 2. The molecule has 4 rings (SSSR count). The predicted octanol–water partition coefficient (Wildman–Crippen LogP) is 3.10. The summed E-state index contributed by atoms with van der Waals surface area (Å²) in [5.41, 5.74) is 2.04. The molecule has 0 radical (unpaired) electrons. The summed E-state index contributed by atoms with van der Waals surface area (Å²) in [6.45, 7) is 2.54. The van der Waals surface area contributed by atoms with E-state index in [1.54, 1.807) is 30.1 Å². The normalized spacial score (nSPS) is 19.5. The van der Waals surface area contributed by atoms with E-state index in [4.69, 9.17) is 9.26 Å². The zero-order chi connectivity index (χ0) is 19.0. The summed E-state index contributed by atoms with van der Waals surface area (Å²) in [4.78, 5) is 28.1. The van der Waals surface area contributed by atoms with Gasteiger partial charge in [-0.25, -0.2) is 4.79 Å². The zero-order valence-corrected chi connectivity index (χ0v) is 15.4. The lowest BCUT2D eigenvalue weighted by atomic mass is 9.99. The monoisotopic (exact) mass is 370 g/mol. The maximum absolute atomic E-state index is 12.9. The lowest BCUT2D eigenvalue weighted by Crippen LogP contribution is -2.41. The Labute approximate surface area is 157 Å². The third-order valence-corrected chi connectivity index (χ3v) is 5.05. The molecular weight excluding hydrogens is 348 g/mol. The number of ether oxygens (including phenoxy) is 1. The Morgan fingerprint density at radius 2 is 2.15 bits per heavy atom. The molecule has 0 aliphatic carbocycles. The minimum absolute atomic E-state index is 0.0295. The van der Waals surface area contributed by atoms with Gasteiger partial charge in [-0.05, 0) is 44.4 Å². The van der Waals surface area contributed by atoms with Crippen LogP contribution in [0.25, 0.3) is 0 Å². The number of likely N-dealkylation sites (tertiary alicyclic amines) is 1. The van der Waals surface area contributed by atoms with Gasteiger partial charge in [-0.2, -0.15) is 0 Å². The number of hydrogen-bond acceptors (Lipinski definition) is 5. The van der Waals surface area contributed by atoms with E-state index in [2.05, 4.69) is 10.5 Å². The van der Waals surface area contributed by atoms with Gasteiger partial charge in [-0.3, -0.25) is 4.79 Å². The molecule has 1 N–H and O–H groups in total. The highest BCUT2D eigenvalue weighted by Gasteiger charge is 2.30. The topological polar surface area (TPSA) is 87.9 Å². The number of urea groups is 1. The van der Waals surface area contributed by atoms with Crippen molar-refractivity contribution in [2.45, 2.75) is 32.2 Å². The summed E-state index contributed by atoms with van der Waals surface area (Å²) < 4.78 is 10.6. The molecule has 3 amide bonds. The summed E-state index contributed by atoms with van der Waals surface area (Å²) >= 11 is 0. The number of fused-ring (bicyclic) bond motifs is 1. The highest BCUT2D eigenvalue weighted by atomic mass is 16.5. The SMILES string of the molecule is Cc1cc([C@@H]2CCCCN2C(=O)Nc2ccc3c(c2)N(C)C(=O)CO3)no1. The van der Waals surface area contributed by atoms with Gasteiger partial charge in [0.05, 0.1) is 11.7 Å². The van der Waals surface area contributed by atoms with E-state index in [9.17, 15) is 9.59 Å². The van der Waals surface area contributed by atoms with Crippen molar-refractivity contribution in [3.8, 4) is 5.75 Å². The average Bonchev–Trinajstić information content (AvgIpc) is 3.11. The molecule has 1 aromatic heterocycles. The zero-order valence-electron chi connectivity index (χ0n) is 15.4. The van der Waals surface area contributed by atoms with E-state index < -0.39 is 0 Å². The summed E-state index contributed by atoms with van der Waals surface area (Å²) in [5, 5.41) is 7.04. The molecule has 142 valence electrons. The maximum atomic E-state index is 12.9. The second-order valence-corrected chi connectivity index (χ2v) is 6.92. The first-order valence-corrected chi connectivity index (χ1v) is 9.07. The number of anilines is 2. The summed E-state index contributed by atoms with van der Waals surface area (Å²) in [7, 11) is 1.70. The van der Waals surface area contributed by atoms with Gasteiger partial charge in [-0.1, -0.05) is 5.16 Å². The van der Waals surface area contributed by atoms with Gasteiger partial charge in [0.1, 0.15) is 17.2 Å². The number of hydrogen-bond donors (Lipinski definition) is 1. The molecule has 2 aliphatic heterocycles. The predicted molar refractivity (Wildman–Crippen MR) is 98.9 cm³/mol. The van der Waals surface area contributed by atoms with Gasteiger partial charge < -0.3 is 24.4 Å². The molecule has 0 bridgehead atoms. The number of rotatable bonds is 2. The third kappa shape index (κ3) is 3.34. The van der Waals surface area contributed by atoms with Crippen LogP contribution in [0.15, 0.2) is 28.8 Å². The van der Waals surface area contributed by atoms with E-state index in [0.717, 1.165) is 30.7 Å². The number of amides is 3. The number of carbonyl (C=O) groups is 2. The van der Waals surface area contributed by atoms with Crippen molar-refractivity contribution in [2.75, 3.05) is 30.4 Å². The number of nitrogens with zero attached hydrogens (tertiary/aromatic N) is 3. The first-order valence-electron chi connectivity index (χ1n) is 9.07. The van der Waals surface area contributed by atoms with E-state index in [1.807, 2.05) is 13.0 Å². The van der Waals surface area contributed by atoms with Gasteiger partial charge in [0.25, 0.3) is 5.91 Å². The fourth-order valence-electron chi connectivity index (χ4n) is 3.57. The molecule has 0 unspecified atom stereocenters.